The molecule has 0 spiro atoms. The molecule has 3 nitrogen and oxygen atoms in total. The lowest BCUT2D eigenvalue weighted by Crippen LogP contribution is -1.97. The zero-order valence-electron chi connectivity index (χ0n) is 8.92. The molecule has 0 aliphatic heterocycles. The van der Waals surface area contributed by atoms with Crippen molar-refractivity contribution in [1.82, 2.24) is 4.98 Å². The summed E-state index contributed by atoms with van der Waals surface area (Å²) in [6.45, 7) is 3.68. The van der Waals surface area contributed by atoms with Crippen molar-refractivity contribution in [3.8, 4) is 0 Å². The molecule has 0 aliphatic carbocycles. The van der Waals surface area contributed by atoms with Crippen LogP contribution < -0.4 is 5.32 Å². The zero-order chi connectivity index (χ0) is 10.2. The van der Waals surface area contributed by atoms with Gasteiger partial charge in [-0.2, -0.15) is 0 Å². The normalized spacial score (nSPS) is 10.1. The molecule has 0 atom stereocenters. The van der Waals surface area contributed by atoms with E-state index >= 15 is 0 Å². The maximum Gasteiger partial charge on any atom is 0.125 e. The molecule has 1 N–H and O–H groups in total. The quantitative estimate of drug-likeness (QED) is 0.706. The molecular weight excluding hydrogens is 176 g/mol. The molecule has 1 rings (SSSR count). The number of hydrogen-bond acceptors (Lipinski definition) is 3. The topological polar surface area (TPSA) is 34.1 Å². The number of anilines is 1. The molecule has 3 heteroatoms. The minimum atomic E-state index is 0.678. The second kappa shape index (κ2) is 6.38. The highest BCUT2D eigenvalue weighted by Gasteiger charge is 1.95. The molecule has 0 saturated carbocycles. The average Bonchev–Trinajstić information content (AvgIpc) is 2.25. The van der Waals surface area contributed by atoms with E-state index in [9.17, 15) is 0 Å². The standard InChI is InChI=1S/C11H18N2O/c1-3-4-7-14-9-10-5-6-13-11(8-10)12-2/h5-6,8H,3-4,7,9H2,1-2H3,(H,12,13). The highest BCUT2D eigenvalue weighted by atomic mass is 16.5. The van der Waals surface area contributed by atoms with E-state index in [2.05, 4.69) is 17.2 Å². The maximum absolute atomic E-state index is 5.50. The Morgan fingerprint density at radius 3 is 3.07 bits per heavy atom. The van der Waals surface area contributed by atoms with Crippen LogP contribution in [0, 0.1) is 0 Å². The first kappa shape index (κ1) is 11.0. The fourth-order valence-corrected chi connectivity index (χ4v) is 1.14. The van der Waals surface area contributed by atoms with Gasteiger partial charge in [0.2, 0.25) is 0 Å². The third-order valence-electron chi connectivity index (χ3n) is 1.99. The molecule has 0 unspecified atom stereocenters. The van der Waals surface area contributed by atoms with Crippen LogP contribution in [0.1, 0.15) is 25.3 Å². The number of ether oxygens (including phenoxy) is 1. The molecule has 0 aliphatic rings. The molecule has 1 aromatic heterocycles. The fourth-order valence-electron chi connectivity index (χ4n) is 1.14. The average molecular weight is 194 g/mol. The van der Waals surface area contributed by atoms with Crippen molar-refractivity contribution in [3.63, 3.8) is 0 Å². The van der Waals surface area contributed by atoms with Crippen molar-refractivity contribution in [3.05, 3.63) is 23.9 Å². The van der Waals surface area contributed by atoms with Gasteiger partial charge in [0.05, 0.1) is 6.61 Å². The summed E-state index contributed by atoms with van der Waals surface area (Å²) in [5.41, 5.74) is 1.17. The van der Waals surface area contributed by atoms with Crippen LogP contribution in [-0.2, 0) is 11.3 Å². The van der Waals surface area contributed by atoms with Gasteiger partial charge in [-0.3, -0.25) is 0 Å². The molecule has 0 saturated heterocycles. The lowest BCUT2D eigenvalue weighted by molar-refractivity contribution is 0.118. The SMILES string of the molecule is CCCCOCc1ccnc(NC)c1. The van der Waals surface area contributed by atoms with Gasteiger partial charge in [0.25, 0.3) is 0 Å². The van der Waals surface area contributed by atoms with E-state index in [1.807, 2.05) is 19.2 Å². The molecule has 0 aromatic carbocycles. The smallest absolute Gasteiger partial charge is 0.125 e. The van der Waals surface area contributed by atoms with E-state index in [0.29, 0.717) is 6.61 Å². The summed E-state index contributed by atoms with van der Waals surface area (Å²) in [6.07, 6.45) is 4.10. The number of pyridine rings is 1. The van der Waals surface area contributed by atoms with Crippen molar-refractivity contribution in [2.24, 2.45) is 0 Å². The predicted molar refractivity (Wildman–Crippen MR) is 58.3 cm³/mol. The van der Waals surface area contributed by atoms with Gasteiger partial charge in [-0.05, 0) is 24.1 Å². The summed E-state index contributed by atoms with van der Waals surface area (Å²) in [5.74, 6) is 0.890. The van der Waals surface area contributed by atoms with Gasteiger partial charge in [0.15, 0.2) is 0 Å². The molecule has 1 heterocycles. The Morgan fingerprint density at radius 2 is 2.36 bits per heavy atom. The summed E-state index contributed by atoms with van der Waals surface area (Å²) < 4.78 is 5.50. The minimum Gasteiger partial charge on any atom is -0.377 e. The van der Waals surface area contributed by atoms with Crippen molar-refractivity contribution < 1.29 is 4.74 Å². The highest BCUT2D eigenvalue weighted by Crippen LogP contribution is 2.07. The summed E-state index contributed by atoms with van der Waals surface area (Å²) in [6, 6.07) is 3.98. The summed E-state index contributed by atoms with van der Waals surface area (Å²) in [7, 11) is 1.87. The highest BCUT2D eigenvalue weighted by molar-refractivity contribution is 5.36. The van der Waals surface area contributed by atoms with Crippen molar-refractivity contribution >= 4 is 5.82 Å². The third-order valence-corrected chi connectivity index (χ3v) is 1.99. The van der Waals surface area contributed by atoms with Crippen LogP contribution in [0.2, 0.25) is 0 Å². The van der Waals surface area contributed by atoms with Crippen LogP contribution in [0.15, 0.2) is 18.3 Å². The number of hydrogen-bond donors (Lipinski definition) is 1. The minimum absolute atomic E-state index is 0.678. The second-order valence-electron chi connectivity index (χ2n) is 3.21. The lowest BCUT2D eigenvalue weighted by atomic mass is 10.3. The number of nitrogens with one attached hydrogen (secondary N) is 1. The number of rotatable bonds is 6. The Kier molecular flexibility index (Phi) is 5.00. The Labute approximate surface area is 85.5 Å². The van der Waals surface area contributed by atoms with E-state index < -0.39 is 0 Å². The van der Waals surface area contributed by atoms with Crippen molar-refractivity contribution in [2.75, 3.05) is 19.0 Å². The van der Waals surface area contributed by atoms with Gasteiger partial charge < -0.3 is 10.1 Å². The van der Waals surface area contributed by atoms with Gasteiger partial charge in [0.1, 0.15) is 5.82 Å². The Morgan fingerprint density at radius 1 is 1.50 bits per heavy atom. The number of nitrogens with zero attached hydrogens (tertiary/aromatic N) is 1. The molecule has 0 amide bonds. The monoisotopic (exact) mass is 194 g/mol. The van der Waals surface area contributed by atoms with Gasteiger partial charge in [-0.1, -0.05) is 13.3 Å². The summed E-state index contributed by atoms with van der Waals surface area (Å²) in [4.78, 5) is 4.14. The maximum atomic E-state index is 5.50. The molecule has 1 aromatic rings. The van der Waals surface area contributed by atoms with Crippen molar-refractivity contribution in [1.29, 1.82) is 0 Å². The molecule has 78 valence electrons. The molecule has 0 radical (unpaired) electrons. The van der Waals surface area contributed by atoms with Crippen LogP contribution in [0.5, 0.6) is 0 Å². The first-order valence-corrected chi connectivity index (χ1v) is 5.07. The van der Waals surface area contributed by atoms with E-state index in [-0.39, 0.29) is 0 Å². The van der Waals surface area contributed by atoms with Crippen molar-refractivity contribution in [2.45, 2.75) is 26.4 Å². The van der Waals surface area contributed by atoms with Gasteiger partial charge >= 0.3 is 0 Å². The predicted octanol–water partition coefficient (Wildman–Crippen LogP) is 2.44. The van der Waals surface area contributed by atoms with E-state index in [0.717, 1.165) is 18.8 Å². The largest absolute Gasteiger partial charge is 0.377 e. The van der Waals surface area contributed by atoms with Crippen LogP contribution in [0.3, 0.4) is 0 Å². The summed E-state index contributed by atoms with van der Waals surface area (Å²) in [5, 5.41) is 3.00. The summed E-state index contributed by atoms with van der Waals surface area (Å²) >= 11 is 0. The molecule has 14 heavy (non-hydrogen) atoms. The second-order valence-corrected chi connectivity index (χ2v) is 3.21. The van der Waals surface area contributed by atoms with Gasteiger partial charge in [-0.15, -0.1) is 0 Å². The Balaban J connectivity index is 2.34. The molecule has 0 fully saturated rings. The van der Waals surface area contributed by atoms with E-state index in [1.165, 1.54) is 12.0 Å². The number of unbranched alkanes of at least 4 members (excludes halogenated alkanes) is 1. The van der Waals surface area contributed by atoms with Crippen LogP contribution in [-0.4, -0.2) is 18.6 Å². The van der Waals surface area contributed by atoms with Crippen LogP contribution >= 0.6 is 0 Å². The zero-order valence-corrected chi connectivity index (χ0v) is 8.92. The molecule has 0 bridgehead atoms. The van der Waals surface area contributed by atoms with Gasteiger partial charge in [0, 0.05) is 19.9 Å². The fraction of sp³-hybridized carbons (Fsp3) is 0.545. The van der Waals surface area contributed by atoms with Crippen LogP contribution in [0.25, 0.3) is 0 Å². The first-order valence-electron chi connectivity index (χ1n) is 5.07. The Bertz CT molecular complexity index is 263. The number of aromatic nitrogens is 1. The lowest BCUT2D eigenvalue weighted by Gasteiger charge is -2.04. The Hall–Kier alpha value is -1.09. The van der Waals surface area contributed by atoms with E-state index in [4.69, 9.17) is 4.74 Å². The first-order chi connectivity index (χ1) is 6.86. The van der Waals surface area contributed by atoms with Crippen LogP contribution in [0.4, 0.5) is 5.82 Å². The third kappa shape index (κ3) is 3.75. The molecular formula is C11H18N2O. The van der Waals surface area contributed by atoms with E-state index in [1.54, 1.807) is 6.20 Å². The van der Waals surface area contributed by atoms with Gasteiger partial charge in [-0.25, -0.2) is 4.98 Å².